The quantitative estimate of drug-likeness (QED) is 0.913. The number of benzene rings is 2. The first kappa shape index (κ1) is 12.9. The number of aliphatic hydroxyl groups excluding tert-OH is 1. The van der Waals surface area contributed by atoms with Crippen LogP contribution in [0.25, 0.3) is 0 Å². The van der Waals surface area contributed by atoms with Gasteiger partial charge in [0.15, 0.2) is 0 Å². The summed E-state index contributed by atoms with van der Waals surface area (Å²) in [6.45, 7) is 1.95. The van der Waals surface area contributed by atoms with Gasteiger partial charge in [0.05, 0.1) is 7.11 Å². The first-order valence-corrected chi connectivity index (χ1v) is 6.07. The minimum atomic E-state index is -0.737. The van der Waals surface area contributed by atoms with Gasteiger partial charge >= 0.3 is 0 Å². The van der Waals surface area contributed by atoms with Gasteiger partial charge in [0.25, 0.3) is 0 Å². The van der Waals surface area contributed by atoms with Gasteiger partial charge in [-0.3, -0.25) is 0 Å². The third kappa shape index (κ3) is 2.66. The molecule has 2 rings (SSSR count). The smallest absolute Gasteiger partial charge is 0.125 e. The highest BCUT2D eigenvalue weighted by molar-refractivity contribution is 6.30. The van der Waals surface area contributed by atoms with E-state index >= 15 is 0 Å². The minimum Gasteiger partial charge on any atom is -0.496 e. The second-order valence-electron chi connectivity index (χ2n) is 4.21. The van der Waals surface area contributed by atoms with Crippen LogP contribution >= 0.6 is 11.6 Å². The Hall–Kier alpha value is -1.51. The normalized spacial score (nSPS) is 12.2. The maximum absolute atomic E-state index is 10.4. The molecule has 0 saturated heterocycles. The number of aryl methyl sites for hydroxylation is 1. The van der Waals surface area contributed by atoms with Crippen molar-refractivity contribution in [2.24, 2.45) is 0 Å². The number of aliphatic hydroxyl groups is 1. The van der Waals surface area contributed by atoms with Crippen LogP contribution in [-0.4, -0.2) is 12.2 Å². The summed E-state index contributed by atoms with van der Waals surface area (Å²) in [4.78, 5) is 0. The van der Waals surface area contributed by atoms with E-state index in [2.05, 4.69) is 0 Å². The number of hydrogen-bond acceptors (Lipinski definition) is 2. The first-order chi connectivity index (χ1) is 8.61. The Morgan fingerprint density at radius 2 is 1.89 bits per heavy atom. The van der Waals surface area contributed by atoms with E-state index in [-0.39, 0.29) is 0 Å². The second kappa shape index (κ2) is 5.42. The standard InChI is InChI=1S/C15H15ClO2/c1-10-7-11(9-12(16)8-10)15(17)13-5-3-4-6-14(13)18-2/h3-9,15,17H,1-2H3. The van der Waals surface area contributed by atoms with E-state index in [0.717, 1.165) is 16.7 Å². The molecule has 1 N–H and O–H groups in total. The zero-order valence-electron chi connectivity index (χ0n) is 10.4. The number of rotatable bonds is 3. The highest BCUT2D eigenvalue weighted by Gasteiger charge is 2.15. The van der Waals surface area contributed by atoms with Crippen molar-refractivity contribution in [3.63, 3.8) is 0 Å². The molecule has 0 amide bonds. The zero-order chi connectivity index (χ0) is 13.1. The lowest BCUT2D eigenvalue weighted by Gasteiger charge is -2.15. The van der Waals surface area contributed by atoms with Crippen molar-refractivity contribution in [3.05, 3.63) is 64.2 Å². The zero-order valence-corrected chi connectivity index (χ0v) is 11.1. The lowest BCUT2D eigenvalue weighted by Crippen LogP contribution is -2.02. The molecule has 2 aromatic carbocycles. The molecular formula is C15H15ClO2. The molecule has 0 bridgehead atoms. The molecule has 1 unspecified atom stereocenters. The Balaban J connectivity index is 2.44. The second-order valence-corrected chi connectivity index (χ2v) is 4.64. The third-order valence-electron chi connectivity index (χ3n) is 2.81. The van der Waals surface area contributed by atoms with E-state index in [1.54, 1.807) is 13.2 Å². The molecule has 0 aliphatic carbocycles. The maximum atomic E-state index is 10.4. The van der Waals surface area contributed by atoms with E-state index in [1.165, 1.54) is 0 Å². The molecule has 0 spiro atoms. The van der Waals surface area contributed by atoms with Crippen molar-refractivity contribution >= 4 is 11.6 Å². The fourth-order valence-electron chi connectivity index (χ4n) is 1.99. The Kier molecular flexibility index (Phi) is 3.90. The van der Waals surface area contributed by atoms with Crippen LogP contribution in [0, 0.1) is 6.92 Å². The molecule has 2 aromatic rings. The van der Waals surface area contributed by atoms with Crippen LogP contribution < -0.4 is 4.74 Å². The largest absolute Gasteiger partial charge is 0.496 e. The van der Waals surface area contributed by atoms with Gasteiger partial charge in [-0.25, -0.2) is 0 Å². The number of halogens is 1. The Morgan fingerprint density at radius 3 is 2.56 bits per heavy atom. The Morgan fingerprint density at radius 1 is 1.17 bits per heavy atom. The molecule has 0 saturated carbocycles. The predicted molar refractivity (Wildman–Crippen MR) is 73.2 cm³/mol. The van der Waals surface area contributed by atoms with Crippen molar-refractivity contribution in [2.75, 3.05) is 7.11 Å². The van der Waals surface area contributed by atoms with Crippen molar-refractivity contribution in [2.45, 2.75) is 13.0 Å². The first-order valence-electron chi connectivity index (χ1n) is 5.70. The molecule has 2 nitrogen and oxygen atoms in total. The summed E-state index contributed by atoms with van der Waals surface area (Å²) in [5.41, 5.74) is 2.53. The summed E-state index contributed by atoms with van der Waals surface area (Å²) in [7, 11) is 1.59. The van der Waals surface area contributed by atoms with Gasteiger partial charge in [-0.15, -0.1) is 0 Å². The number of ether oxygens (including phenoxy) is 1. The predicted octanol–water partition coefficient (Wildman–Crippen LogP) is 3.74. The van der Waals surface area contributed by atoms with Gasteiger partial charge in [0.2, 0.25) is 0 Å². The van der Waals surface area contributed by atoms with E-state index in [0.29, 0.717) is 10.8 Å². The SMILES string of the molecule is COc1ccccc1C(O)c1cc(C)cc(Cl)c1. The minimum absolute atomic E-state index is 0.624. The van der Waals surface area contributed by atoms with E-state index in [1.807, 2.05) is 43.3 Å². The van der Waals surface area contributed by atoms with Crippen LogP contribution in [0.15, 0.2) is 42.5 Å². The molecule has 0 aliphatic rings. The van der Waals surface area contributed by atoms with Gasteiger partial charge in [-0.1, -0.05) is 35.9 Å². The van der Waals surface area contributed by atoms with Crippen LogP contribution in [0.4, 0.5) is 0 Å². The molecule has 0 heterocycles. The van der Waals surface area contributed by atoms with E-state index in [4.69, 9.17) is 16.3 Å². The topological polar surface area (TPSA) is 29.5 Å². The summed E-state index contributed by atoms with van der Waals surface area (Å²) in [6, 6.07) is 13.0. The summed E-state index contributed by atoms with van der Waals surface area (Å²) >= 11 is 6.01. The number of methoxy groups -OCH3 is 1. The van der Waals surface area contributed by atoms with Crippen LogP contribution in [0.1, 0.15) is 22.8 Å². The average molecular weight is 263 g/mol. The molecule has 0 fully saturated rings. The van der Waals surface area contributed by atoms with Crippen molar-refractivity contribution in [1.29, 1.82) is 0 Å². The van der Waals surface area contributed by atoms with Gasteiger partial charge in [0, 0.05) is 10.6 Å². The highest BCUT2D eigenvalue weighted by Crippen LogP contribution is 2.31. The fraction of sp³-hybridized carbons (Fsp3) is 0.200. The van der Waals surface area contributed by atoms with Gasteiger partial charge < -0.3 is 9.84 Å². The molecule has 18 heavy (non-hydrogen) atoms. The maximum Gasteiger partial charge on any atom is 0.125 e. The molecule has 1 atom stereocenters. The monoisotopic (exact) mass is 262 g/mol. The van der Waals surface area contributed by atoms with Crippen LogP contribution in [0.5, 0.6) is 5.75 Å². The summed E-state index contributed by atoms with van der Waals surface area (Å²) in [5, 5.41) is 11.0. The van der Waals surface area contributed by atoms with Gasteiger partial charge in [-0.05, 0) is 36.2 Å². The van der Waals surface area contributed by atoms with Crippen LogP contribution in [0.3, 0.4) is 0 Å². The third-order valence-corrected chi connectivity index (χ3v) is 3.03. The highest BCUT2D eigenvalue weighted by atomic mass is 35.5. The summed E-state index contributed by atoms with van der Waals surface area (Å²) in [6.07, 6.45) is -0.737. The van der Waals surface area contributed by atoms with Crippen molar-refractivity contribution in [1.82, 2.24) is 0 Å². The molecule has 3 heteroatoms. The van der Waals surface area contributed by atoms with E-state index < -0.39 is 6.10 Å². The Labute approximate surface area is 112 Å². The molecule has 0 aromatic heterocycles. The Bertz CT molecular complexity index is 532. The lowest BCUT2D eigenvalue weighted by atomic mass is 9.99. The van der Waals surface area contributed by atoms with Gasteiger partial charge in [0.1, 0.15) is 11.9 Å². The summed E-state index contributed by atoms with van der Waals surface area (Å²) in [5.74, 6) is 0.669. The molecular weight excluding hydrogens is 248 g/mol. The van der Waals surface area contributed by atoms with Gasteiger partial charge in [-0.2, -0.15) is 0 Å². The molecule has 94 valence electrons. The molecule has 0 radical (unpaired) electrons. The van der Waals surface area contributed by atoms with Crippen LogP contribution in [0.2, 0.25) is 5.02 Å². The van der Waals surface area contributed by atoms with Crippen molar-refractivity contribution in [3.8, 4) is 5.75 Å². The van der Waals surface area contributed by atoms with Crippen LogP contribution in [-0.2, 0) is 0 Å². The number of para-hydroxylation sites is 1. The van der Waals surface area contributed by atoms with E-state index in [9.17, 15) is 5.11 Å². The number of hydrogen-bond donors (Lipinski definition) is 1. The van der Waals surface area contributed by atoms with Crippen molar-refractivity contribution < 1.29 is 9.84 Å². The summed E-state index contributed by atoms with van der Waals surface area (Å²) < 4.78 is 5.26. The molecule has 0 aliphatic heterocycles. The lowest BCUT2D eigenvalue weighted by molar-refractivity contribution is 0.214. The fourth-order valence-corrected chi connectivity index (χ4v) is 2.29. The average Bonchev–Trinajstić information content (AvgIpc) is 2.36.